The first-order valence-electron chi connectivity index (χ1n) is 7.43. The van der Waals surface area contributed by atoms with Crippen LogP contribution in [0.5, 0.6) is 0 Å². The summed E-state index contributed by atoms with van der Waals surface area (Å²) in [6, 6.07) is 9.16. The van der Waals surface area contributed by atoms with E-state index in [0.29, 0.717) is 5.92 Å². The minimum Gasteiger partial charge on any atom is -0.317 e. The summed E-state index contributed by atoms with van der Waals surface area (Å²) in [7, 11) is 0. The second-order valence-electron chi connectivity index (χ2n) is 5.68. The summed E-state index contributed by atoms with van der Waals surface area (Å²) in [6.45, 7) is 11.3. The van der Waals surface area contributed by atoms with Gasteiger partial charge in [0.05, 0.1) is 0 Å². The predicted molar refractivity (Wildman–Crippen MR) is 81.2 cm³/mol. The molecule has 0 aliphatic heterocycles. The van der Waals surface area contributed by atoms with Crippen LogP contribution in [-0.4, -0.2) is 13.1 Å². The van der Waals surface area contributed by atoms with Gasteiger partial charge in [0.15, 0.2) is 0 Å². The topological polar surface area (TPSA) is 12.0 Å². The Morgan fingerprint density at radius 1 is 1.00 bits per heavy atom. The van der Waals surface area contributed by atoms with Crippen LogP contribution in [-0.2, 0) is 6.42 Å². The molecule has 0 amide bonds. The molecular formula is C17H29N. The first-order chi connectivity index (χ1) is 8.63. The zero-order chi connectivity index (χ0) is 13.4. The SMILES string of the molecule is CCNCCC(C)CCc1ccc(C(C)C)cc1. The largest absolute Gasteiger partial charge is 0.317 e. The lowest BCUT2D eigenvalue weighted by Gasteiger charge is -2.12. The molecule has 0 spiro atoms. The van der Waals surface area contributed by atoms with Gasteiger partial charge in [-0.3, -0.25) is 0 Å². The average Bonchev–Trinajstić information content (AvgIpc) is 2.37. The minimum atomic E-state index is 0.637. The molecule has 18 heavy (non-hydrogen) atoms. The van der Waals surface area contributed by atoms with E-state index in [1.165, 1.54) is 30.4 Å². The zero-order valence-electron chi connectivity index (χ0n) is 12.5. The van der Waals surface area contributed by atoms with Crippen LogP contribution in [0.4, 0.5) is 0 Å². The molecule has 0 saturated carbocycles. The molecule has 0 bridgehead atoms. The Morgan fingerprint density at radius 2 is 1.67 bits per heavy atom. The fraction of sp³-hybridized carbons (Fsp3) is 0.647. The molecule has 1 unspecified atom stereocenters. The quantitative estimate of drug-likeness (QED) is 0.672. The Bertz CT molecular complexity index is 313. The molecule has 1 heteroatoms. The zero-order valence-corrected chi connectivity index (χ0v) is 12.5. The van der Waals surface area contributed by atoms with E-state index in [-0.39, 0.29) is 0 Å². The third-order valence-electron chi connectivity index (χ3n) is 3.64. The van der Waals surface area contributed by atoms with Crippen molar-refractivity contribution in [3.63, 3.8) is 0 Å². The van der Waals surface area contributed by atoms with Crippen LogP contribution in [0.15, 0.2) is 24.3 Å². The maximum atomic E-state index is 3.40. The summed E-state index contributed by atoms with van der Waals surface area (Å²) in [5.74, 6) is 1.45. The second kappa shape index (κ2) is 8.31. The number of hydrogen-bond donors (Lipinski definition) is 1. The van der Waals surface area contributed by atoms with Gasteiger partial charge in [-0.2, -0.15) is 0 Å². The predicted octanol–water partition coefficient (Wildman–Crippen LogP) is 4.38. The van der Waals surface area contributed by atoms with E-state index in [1.807, 2.05) is 0 Å². The van der Waals surface area contributed by atoms with Gasteiger partial charge < -0.3 is 5.32 Å². The summed E-state index contributed by atoms with van der Waals surface area (Å²) in [5.41, 5.74) is 2.92. The lowest BCUT2D eigenvalue weighted by molar-refractivity contribution is 0.474. The van der Waals surface area contributed by atoms with Crippen molar-refractivity contribution >= 4 is 0 Å². The van der Waals surface area contributed by atoms with E-state index < -0.39 is 0 Å². The van der Waals surface area contributed by atoms with Crippen LogP contribution in [0.25, 0.3) is 0 Å². The highest BCUT2D eigenvalue weighted by atomic mass is 14.8. The van der Waals surface area contributed by atoms with Crippen molar-refractivity contribution in [1.82, 2.24) is 5.32 Å². The van der Waals surface area contributed by atoms with Gasteiger partial charge in [-0.1, -0.05) is 52.0 Å². The van der Waals surface area contributed by atoms with Gasteiger partial charge in [0.1, 0.15) is 0 Å². The highest BCUT2D eigenvalue weighted by Gasteiger charge is 2.03. The molecule has 1 aromatic carbocycles. The first-order valence-corrected chi connectivity index (χ1v) is 7.43. The highest BCUT2D eigenvalue weighted by Crippen LogP contribution is 2.17. The fourth-order valence-corrected chi connectivity index (χ4v) is 2.15. The van der Waals surface area contributed by atoms with Gasteiger partial charge in [0.25, 0.3) is 0 Å². The Kier molecular flexibility index (Phi) is 7.04. The van der Waals surface area contributed by atoms with Gasteiger partial charge in [-0.05, 0) is 55.3 Å². The number of aryl methyl sites for hydroxylation is 1. The molecule has 102 valence electrons. The maximum Gasteiger partial charge on any atom is -0.00465 e. The van der Waals surface area contributed by atoms with E-state index >= 15 is 0 Å². The van der Waals surface area contributed by atoms with Crippen molar-refractivity contribution in [2.75, 3.05) is 13.1 Å². The van der Waals surface area contributed by atoms with E-state index in [9.17, 15) is 0 Å². The number of nitrogens with one attached hydrogen (secondary N) is 1. The molecule has 0 aromatic heterocycles. The van der Waals surface area contributed by atoms with Gasteiger partial charge in [-0.15, -0.1) is 0 Å². The average molecular weight is 247 g/mol. The smallest absolute Gasteiger partial charge is 0.00465 e. The van der Waals surface area contributed by atoms with Crippen LogP contribution in [0, 0.1) is 5.92 Å². The van der Waals surface area contributed by atoms with Crippen LogP contribution >= 0.6 is 0 Å². The molecule has 0 saturated heterocycles. The van der Waals surface area contributed by atoms with Crippen molar-refractivity contribution in [3.05, 3.63) is 35.4 Å². The fourth-order valence-electron chi connectivity index (χ4n) is 2.15. The number of benzene rings is 1. The van der Waals surface area contributed by atoms with Crippen molar-refractivity contribution in [2.45, 2.75) is 52.9 Å². The summed E-state index contributed by atoms with van der Waals surface area (Å²) < 4.78 is 0. The molecule has 1 rings (SSSR count). The van der Waals surface area contributed by atoms with Gasteiger partial charge in [0, 0.05) is 0 Å². The lowest BCUT2D eigenvalue weighted by Crippen LogP contribution is -2.16. The van der Waals surface area contributed by atoms with Crippen LogP contribution in [0.2, 0.25) is 0 Å². The standard InChI is InChI=1S/C17H29N/c1-5-18-13-12-15(4)6-7-16-8-10-17(11-9-16)14(2)3/h8-11,14-15,18H,5-7,12-13H2,1-4H3. The Balaban J connectivity index is 2.30. The normalized spacial score (nSPS) is 12.9. The Morgan fingerprint density at radius 3 is 2.22 bits per heavy atom. The summed E-state index contributed by atoms with van der Waals surface area (Å²) >= 11 is 0. The molecule has 1 N–H and O–H groups in total. The summed E-state index contributed by atoms with van der Waals surface area (Å²) in [6.07, 6.45) is 3.80. The third-order valence-corrected chi connectivity index (χ3v) is 3.64. The van der Waals surface area contributed by atoms with Crippen LogP contribution in [0.1, 0.15) is 57.6 Å². The molecule has 0 heterocycles. The molecule has 1 nitrogen and oxygen atoms in total. The third kappa shape index (κ3) is 5.68. The van der Waals surface area contributed by atoms with Gasteiger partial charge >= 0.3 is 0 Å². The number of rotatable bonds is 8. The van der Waals surface area contributed by atoms with Gasteiger partial charge in [-0.25, -0.2) is 0 Å². The van der Waals surface area contributed by atoms with Crippen LogP contribution < -0.4 is 5.32 Å². The first kappa shape index (κ1) is 15.2. The molecule has 0 radical (unpaired) electrons. The van der Waals surface area contributed by atoms with E-state index in [1.54, 1.807) is 0 Å². The molecule has 1 atom stereocenters. The van der Waals surface area contributed by atoms with E-state index in [2.05, 4.69) is 57.3 Å². The Hall–Kier alpha value is -0.820. The molecule has 0 fully saturated rings. The Labute approximate surface area is 113 Å². The molecule has 1 aromatic rings. The second-order valence-corrected chi connectivity index (χ2v) is 5.68. The van der Waals surface area contributed by atoms with Crippen molar-refractivity contribution in [3.8, 4) is 0 Å². The van der Waals surface area contributed by atoms with Crippen LogP contribution in [0.3, 0.4) is 0 Å². The number of hydrogen-bond acceptors (Lipinski definition) is 1. The lowest BCUT2D eigenvalue weighted by atomic mass is 9.96. The van der Waals surface area contributed by atoms with E-state index in [0.717, 1.165) is 19.0 Å². The van der Waals surface area contributed by atoms with Gasteiger partial charge in [0.2, 0.25) is 0 Å². The monoisotopic (exact) mass is 247 g/mol. The van der Waals surface area contributed by atoms with Crippen molar-refractivity contribution < 1.29 is 0 Å². The molecular weight excluding hydrogens is 218 g/mol. The maximum absolute atomic E-state index is 3.40. The minimum absolute atomic E-state index is 0.637. The van der Waals surface area contributed by atoms with Crippen molar-refractivity contribution in [2.24, 2.45) is 5.92 Å². The molecule has 0 aliphatic carbocycles. The van der Waals surface area contributed by atoms with Crippen molar-refractivity contribution in [1.29, 1.82) is 0 Å². The highest BCUT2D eigenvalue weighted by molar-refractivity contribution is 5.24. The molecule has 0 aliphatic rings. The summed E-state index contributed by atoms with van der Waals surface area (Å²) in [4.78, 5) is 0. The summed E-state index contributed by atoms with van der Waals surface area (Å²) in [5, 5.41) is 3.40. The van der Waals surface area contributed by atoms with E-state index in [4.69, 9.17) is 0 Å².